The molecule has 0 heterocycles. The number of rotatable bonds is 38. The van der Waals surface area contributed by atoms with Crippen molar-refractivity contribution in [3.63, 3.8) is 0 Å². The van der Waals surface area contributed by atoms with E-state index >= 15 is 0 Å². The van der Waals surface area contributed by atoms with Crippen LogP contribution in [0.25, 0.3) is 0 Å². The molecule has 0 aromatic rings. The van der Waals surface area contributed by atoms with Gasteiger partial charge in [-0.05, 0) is 89.9 Å². The van der Waals surface area contributed by atoms with Crippen LogP contribution in [0, 0.1) is 0 Å². The van der Waals surface area contributed by atoms with Crippen LogP contribution in [0.15, 0.2) is 122 Å². The molecule has 60 heavy (non-hydrogen) atoms. The van der Waals surface area contributed by atoms with Gasteiger partial charge in [-0.15, -0.1) is 0 Å². The monoisotopic (exact) mass is 854 g/mol. The van der Waals surface area contributed by atoms with Crippen LogP contribution < -0.4 is 4.89 Å². The topological polar surface area (TPSA) is 111 Å². The van der Waals surface area contributed by atoms with Crippen molar-refractivity contribution in [2.45, 2.75) is 136 Å². The minimum absolute atomic E-state index is 0.0604. The van der Waals surface area contributed by atoms with Gasteiger partial charge in [0.2, 0.25) is 0 Å². The van der Waals surface area contributed by atoms with Gasteiger partial charge in [0.15, 0.2) is 6.10 Å². The summed E-state index contributed by atoms with van der Waals surface area (Å²) >= 11 is 0. The van der Waals surface area contributed by atoms with Gasteiger partial charge in [0, 0.05) is 12.8 Å². The van der Waals surface area contributed by atoms with Gasteiger partial charge in [0.05, 0.1) is 27.7 Å². The van der Waals surface area contributed by atoms with Crippen LogP contribution in [-0.4, -0.2) is 70.0 Å². The minimum Gasteiger partial charge on any atom is -0.756 e. The molecule has 2 atom stereocenters. The molecule has 0 radical (unpaired) electrons. The molecule has 0 rings (SSSR count). The van der Waals surface area contributed by atoms with E-state index in [0.29, 0.717) is 30.3 Å². The first-order valence-electron chi connectivity index (χ1n) is 22.2. The number of likely N-dealkylation sites (N-methyl/N-ethyl adjacent to an activating group) is 1. The summed E-state index contributed by atoms with van der Waals surface area (Å²) in [6.45, 7) is 3.89. The molecule has 0 amide bonds. The molecular formula is C50H80NO8P. The summed E-state index contributed by atoms with van der Waals surface area (Å²) < 4.78 is 33.7. The molecule has 0 spiro atoms. The molecule has 0 N–H and O–H groups in total. The van der Waals surface area contributed by atoms with E-state index in [1.165, 1.54) is 19.3 Å². The number of ether oxygens (including phenoxy) is 2. The van der Waals surface area contributed by atoms with Crippen molar-refractivity contribution >= 4 is 19.8 Å². The second-order valence-corrected chi connectivity index (χ2v) is 16.7. The number of nitrogens with zero attached hydrogens (tertiary/aromatic N) is 1. The Kier molecular flexibility index (Phi) is 38.4. The van der Waals surface area contributed by atoms with Gasteiger partial charge in [0.1, 0.15) is 19.8 Å². The van der Waals surface area contributed by atoms with Gasteiger partial charge < -0.3 is 27.9 Å². The maximum Gasteiger partial charge on any atom is 0.306 e. The summed E-state index contributed by atoms with van der Waals surface area (Å²) in [5.74, 6) is -1.01. The van der Waals surface area contributed by atoms with Gasteiger partial charge >= 0.3 is 11.9 Å². The summed E-state index contributed by atoms with van der Waals surface area (Å²) in [6, 6.07) is 0. The fraction of sp³-hybridized carbons (Fsp3) is 0.560. The maximum atomic E-state index is 12.7. The van der Waals surface area contributed by atoms with Crippen molar-refractivity contribution in [3.05, 3.63) is 122 Å². The lowest BCUT2D eigenvalue weighted by atomic mass is 10.2. The molecule has 0 saturated heterocycles. The van der Waals surface area contributed by atoms with E-state index < -0.39 is 32.5 Å². The SMILES string of the molecule is CC/C=C\C/C=C\C/C=C\C/C=C\C/C=C\C/C=C\CCC(=O)O[C@H](COC(=O)CCC/C=C\C/C=C\C/C=C\C/C=C\CCCCC)COP(=O)([O-])OCC[N+](C)(C)C. The third-order valence-corrected chi connectivity index (χ3v) is 9.44. The van der Waals surface area contributed by atoms with E-state index in [9.17, 15) is 19.0 Å². The smallest absolute Gasteiger partial charge is 0.306 e. The van der Waals surface area contributed by atoms with Crippen LogP contribution in [-0.2, 0) is 32.7 Å². The van der Waals surface area contributed by atoms with Crippen LogP contribution in [0.4, 0.5) is 0 Å². The first-order chi connectivity index (χ1) is 29.0. The summed E-state index contributed by atoms with van der Waals surface area (Å²) in [5.41, 5.74) is 0. The fourth-order valence-corrected chi connectivity index (χ4v) is 5.75. The Balaban J connectivity index is 4.61. The number of hydrogen-bond acceptors (Lipinski definition) is 8. The minimum atomic E-state index is -4.67. The second kappa shape index (κ2) is 40.8. The summed E-state index contributed by atoms with van der Waals surface area (Å²) in [6.07, 6.45) is 56.8. The first kappa shape index (κ1) is 56.4. The van der Waals surface area contributed by atoms with Gasteiger partial charge in [-0.3, -0.25) is 14.2 Å². The number of esters is 2. The van der Waals surface area contributed by atoms with Crippen LogP contribution in [0.3, 0.4) is 0 Å². The number of quaternary nitrogens is 1. The van der Waals surface area contributed by atoms with Crippen LogP contribution in [0.1, 0.15) is 129 Å². The lowest BCUT2D eigenvalue weighted by Gasteiger charge is -2.28. The molecule has 0 fully saturated rings. The predicted octanol–water partition coefficient (Wildman–Crippen LogP) is 12.3. The fourth-order valence-electron chi connectivity index (χ4n) is 5.02. The van der Waals surface area contributed by atoms with E-state index in [1.807, 2.05) is 39.4 Å². The molecule has 338 valence electrons. The molecule has 0 aliphatic heterocycles. The van der Waals surface area contributed by atoms with Gasteiger partial charge in [-0.1, -0.05) is 148 Å². The van der Waals surface area contributed by atoms with Crippen molar-refractivity contribution in [1.82, 2.24) is 0 Å². The Bertz CT molecular complexity index is 1430. The molecule has 0 aliphatic carbocycles. The number of phosphoric ester groups is 1. The Morgan fingerprint density at radius 2 is 0.967 bits per heavy atom. The molecule has 10 heteroatoms. The van der Waals surface area contributed by atoms with Gasteiger partial charge in [-0.2, -0.15) is 0 Å². The number of unbranched alkanes of at least 4 members (excludes halogenated alkanes) is 4. The zero-order valence-corrected chi connectivity index (χ0v) is 38.7. The second-order valence-electron chi connectivity index (χ2n) is 15.3. The third-order valence-electron chi connectivity index (χ3n) is 8.48. The largest absolute Gasteiger partial charge is 0.756 e. The van der Waals surface area contributed by atoms with Crippen molar-refractivity contribution < 1.29 is 42.1 Å². The number of hydrogen-bond donors (Lipinski definition) is 0. The lowest BCUT2D eigenvalue weighted by Crippen LogP contribution is -2.37. The van der Waals surface area contributed by atoms with E-state index in [2.05, 4.69) is 117 Å². The highest BCUT2D eigenvalue weighted by atomic mass is 31.2. The molecule has 0 saturated carbocycles. The Labute approximate surface area is 365 Å². The highest BCUT2D eigenvalue weighted by molar-refractivity contribution is 7.45. The summed E-state index contributed by atoms with van der Waals surface area (Å²) in [4.78, 5) is 37.5. The lowest BCUT2D eigenvalue weighted by molar-refractivity contribution is -0.870. The number of phosphoric acid groups is 1. The molecule has 0 aromatic carbocycles. The van der Waals surface area contributed by atoms with Crippen LogP contribution in [0.5, 0.6) is 0 Å². The van der Waals surface area contributed by atoms with Crippen LogP contribution in [0.2, 0.25) is 0 Å². The van der Waals surface area contributed by atoms with E-state index in [0.717, 1.165) is 64.2 Å². The Hall–Kier alpha value is -3.59. The number of carbonyl (C=O) groups excluding carboxylic acids is 2. The highest BCUT2D eigenvalue weighted by Gasteiger charge is 2.21. The standard InChI is InChI=1S/C50H80NO8P/c1-6-8-10-12-14-16-18-20-22-24-25-27-29-31-33-35-37-39-41-43-50(53)59-48(47-58-60(54,55)57-45-44-51(3,4)5)46-56-49(52)42-40-38-36-34-32-30-28-26-23-21-19-17-15-13-11-9-7-2/h8,10,14-17,20-23,25,27-28,30-31,33-34,36-37,39,48H,6-7,9,11-13,18-19,24,26,29,32,35,38,40-47H2,1-5H3/b10-8-,16-14-,17-15-,22-20-,23-21-,27-25-,30-28-,33-31-,36-34-,39-37-/t48-/m1/s1. The van der Waals surface area contributed by atoms with Crippen LogP contribution >= 0.6 is 7.82 Å². The quantitative estimate of drug-likeness (QED) is 0.0198. The van der Waals surface area contributed by atoms with E-state index in [1.54, 1.807) is 0 Å². The van der Waals surface area contributed by atoms with Crippen molar-refractivity contribution in [1.29, 1.82) is 0 Å². The predicted molar refractivity (Wildman–Crippen MR) is 249 cm³/mol. The maximum absolute atomic E-state index is 12.7. The zero-order chi connectivity index (χ0) is 44.3. The van der Waals surface area contributed by atoms with Crippen molar-refractivity contribution in [2.75, 3.05) is 47.5 Å². The molecule has 0 aliphatic rings. The molecular weight excluding hydrogens is 774 g/mol. The zero-order valence-electron chi connectivity index (χ0n) is 37.8. The first-order valence-corrected chi connectivity index (χ1v) is 23.7. The number of allylic oxidation sites excluding steroid dienone is 20. The Morgan fingerprint density at radius 3 is 1.42 bits per heavy atom. The van der Waals surface area contributed by atoms with E-state index in [4.69, 9.17) is 18.5 Å². The molecule has 0 bridgehead atoms. The van der Waals surface area contributed by atoms with Crippen molar-refractivity contribution in [3.8, 4) is 0 Å². The highest BCUT2D eigenvalue weighted by Crippen LogP contribution is 2.38. The molecule has 0 aromatic heterocycles. The Morgan fingerprint density at radius 1 is 0.533 bits per heavy atom. The average Bonchev–Trinajstić information content (AvgIpc) is 3.20. The molecule has 9 nitrogen and oxygen atoms in total. The van der Waals surface area contributed by atoms with Crippen molar-refractivity contribution in [2.24, 2.45) is 0 Å². The average molecular weight is 854 g/mol. The van der Waals surface area contributed by atoms with E-state index in [-0.39, 0.29) is 26.1 Å². The molecule has 1 unspecified atom stereocenters. The van der Waals surface area contributed by atoms with Gasteiger partial charge in [-0.25, -0.2) is 0 Å². The normalized spacial score (nSPS) is 14.7. The summed E-state index contributed by atoms with van der Waals surface area (Å²) in [7, 11) is 1.07. The van der Waals surface area contributed by atoms with Gasteiger partial charge in [0.25, 0.3) is 7.82 Å². The summed E-state index contributed by atoms with van der Waals surface area (Å²) in [5, 5.41) is 0. The number of carbonyl (C=O) groups is 2. The third kappa shape index (κ3) is 44.0.